The Bertz CT molecular complexity index is 1330. The maximum Gasteiger partial charge on any atom is 0.347 e. The zero-order chi connectivity index (χ0) is 24.2. The molecule has 0 bridgehead atoms. The molecule has 0 aromatic heterocycles. The largest absolute Gasteiger partial charge is 0.496 e. The van der Waals surface area contributed by atoms with E-state index in [0.717, 1.165) is 5.56 Å². The lowest BCUT2D eigenvalue weighted by Crippen LogP contribution is -2.21. The summed E-state index contributed by atoms with van der Waals surface area (Å²) >= 11 is 0. The quantitative estimate of drug-likeness (QED) is 0.433. The van der Waals surface area contributed by atoms with Crippen LogP contribution in [0.5, 0.6) is 28.7 Å². The summed E-state index contributed by atoms with van der Waals surface area (Å²) in [6.45, 7) is 0. The van der Waals surface area contributed by atoms with Crippen LogP contribution in [0.4, 0.5) is 0 Å². The number of hydrogen-bond acceptors (Lipinski definition) is 8. The van der Waals surface area contributed by atoms with E-state index in [1.54, 1.807) is 61.7 Å². The summed E-state index contributed by atoms with van der Waals surface area (Å²) in [5, 5.41) is 9.79. The number of nitrogens with zero attached hydrogens (tertiary/aromatic N) is 1. The molecule has 0 radical (unpaired) electrons. The Morgan fingerprint density at radius 1 is 0.941 bits per heavy atom. The number of methoxy groups -OCH3 is 3. The van der Waals surface area contributed by atoms with E-state index in [1.807, 2.05) is 6.07 Å². The average Bonchev–Trinajstić information content (AvgIpc) is 2.87. The molecule has 0 fully saturated rings. The molecule has 34 heavy (non-hydrogen) atoms. The first-order valence-electron chi connectivity index (χ1n) is 10.3. The Labute approximate surface area is 196 Å². The van der Waals surface area contributed by atoms with Gasteiger partial charge in [0.15, 0.2) is 11.5 Å². The zero-order valence-electron chi connectivity index (χ0n) is 18.8. The lowest BCUT2D eigenvalue weighted by molar-refractivity contribution is 0.0731. The van der Waals surface area contributed by atoms with E-state index in [-0.39, 0.29) is 22.8 Å². The maximum atomic E-state index is 12.7. The topological polar surface area (TPSA) is 113 Å². The molecule has 8 nitrogen and oxygen atoms in total. The number of nitrogens with two attached hydrogens (primary N) is 1. The van der Waals surface area contributed by atoms with E-state index in [2.05, 4.69) is 6.07 Å². The van der Waals surface area contributed by atoms with Gasteiger partial charge in [-0.2, -0.15) is 5.26 Å². The van der Waals surface area contributed by atoms with Crippen LogP contribution < -0.4 is 29.4 Å². The third-order valence-electron chi connectivity index (χ3n) is 5.47. The summed E-state index contributed by atoms with van der Waals surface area (Å²) in [7, 11) is 4.57. The number of allylic oxidation sites excluding steroid dienone is 1. The monoisotopic (exact) mass is 458 g/mol. The molecular weight excluding hydrogens is 436 g/mol. The smallest absolute Gasteiger partial charge is 0.347 e. The Hall–Kier alpha value is -4.64. The van der Waals surface area contributed by atoms with E-state index >= 15 is 0 Å². The first kappa shape index (κ1) is 22.6. The highest BCUT2D eigenvalue weighted by molar-refractivity contribution is 5.94. The minimum Gasteiger partial charge on any atom is -0.496 e. The third-order valence-corrected chi connectivity index (χ3v) is 5.47. The number of carbonyl (C=O) groups excluding carboxylic acids is 1. The molecule has 2 N–H and O–H groups in total. The molecule has 0 saturated carbocycles. The summed E-state index contributed by atoms with van der Waals surface area (Å²) in [5.74, 6) is 1.01. The van der Waals surface area contributed by atoms with Crippen LogP contribution in [0.2, 0.25) is 0 Å². The Kier molecular flexibility index (Phi) is 6.28. The van der Waals surface area contributed by atoms with Gasteiger partial charge in [-0.25, -0.2) is 4.79 Å². The molecule has 1 heterocycles. The SMILES string of the molecule is COc1ccc(C2C(C#N)=C(N)Oc3cc(OC(=O)c4ccccc4OC)ccc32)cc1OC. The second-order valence-corrected chi connectivity index (χ2v) is 7.33. The Morgan fingerprint density at radius 2 is 1.68 bits per heavy atom. The van der Waals surface area contributed by atoms with Gasteiger partial charge in [-0.15, -0.1) is 0 Å². The Balaban J connectivity index is 1.72. The van der Waals surface area contributed by atoms with Crippen LogP contribution in [0.15, 0.2) is 72.1 Å². The van der Waals surface area contributed by atoms with Crippen molar-refractivity contribution in [3.8, 4) is 34.8 Å². The van der Waals surface area contributed by atoms with Crippen molar-refractivity contribution in [2.45, 2.75) is 5.92 Å². The number of carbonyl (C=O) groups is 1. The summed E-state index contributed by atoms with van der Waals surface area (Å²) in [6.07, 6.45) is 0. The van der Waals surface area contributed by atoms with Gasteiger partial charge in [-0.1, -0.05) is 24.3 Å². The van der Waals surface area contributed by atoms with Crippen LogP contribution in [-0.4, -0.2) is 27.3 Å². The van der Waals surface area contributed by atoms with Crippen LogP contribution in [-0.2, 0) is 0 Å². The number of benzene rings is 3. The molecule has 3 aromatic rings. The van der Waals surface area contributed by atoms with Crippen LogP contribution >= 0.6 is 0 Å². The number of nitriles is 1. The van der Waals surface area contributed by atoms with Crippen LogP contribution in [0, 0.1) is 11.3 Å². The van der Waals surface area contributed by atoms with Crippen molar-refractivity contribution in [1.82, 2.24) is 0 Å². The molecule has 0 spiro atoms. The van der Waals surface area contributed by atoms with Crippen molar-refractivity contribution in [3.63, 3.8) is 0 Å². The molecule has 1 aliphatic rings. The van der Waals surface area contributed by atoms with Gasteiger partial charge in [0.25, 0.3) is 0 Å². The highest BCUT2D eigenvalue weighted by Crippen LogP contribution is 2.45. The fourth-order valence-corrected chi connectivity index (χ4v) is 3.85. The van der Waals surface area contributed by atoms with Crippen molar-refractivity contribution in [1.29, 1.82) is 5.26 Å². The van der Waals surface area contributed by atoms with E-state index in [1.165, 1.54) is 14.2 Å². The fraction of sp³-hybridized carbons (Fsp3) is 0.154. The number of para-hydroxylation sites is 1. The second-order valence-electron chi connectivity index (χ2n) is 7.33. The van der Waals surface area contributed by atoms with Gasteiger partial charge in [0.2, 0.25) is 5.88 Å². The molecular formula is C26H22N2O6. The van der Waals surface area contributed by atoms with Crippen molar-refractivity contribution >= 4 is 5.97 Å². The van der Waals surface area contributed by atoms with Crippen molar-refractivity contribution < 1.29 is 28.5 Å². The molecule has 0 amide bonds. The predicted molar refractivity (Wildman–Crippen MR) is 123 cm³/mol. The number of hydrogen-bond donors (Lipinski definition) is 1. The number of ether oxygens (including phenoxy) is 5. The third kappa shape index (κ3) is 4.07. The fourth-order valence-electron chi connectivity index (χ4n) is 3.85. The average molecular weight is 458 g/mol. The van der Waals surface area contributed by atoms with Gasteiger partial charge in [-0.3, -0.25) is 0 Å². The normalized spacial score (nSPS) is 14.4. The molecule has 8 heteroatoms. The van der Waals surface area contributed by atoms with Crippen LogP contribution in [0.1, 0.15) is 27.4 Å². The predicted octanol–water partition coefficient (Wildman–Crippen LogP) is 4.15. The van der Waals surface area contributed by atoms with Crippen LogP contribution in [0.3, 0.4) is 0 Å². The summed E-state index contributed by atoms with van der Waals surface area (Å²) < 4.78 is 27.2. The van der Waals surface area contributed by atoms with E-state index in [4.69, 9.17) is 29.4 Å². The molecule has 172 valence electrons. The van der Waals surface area contributed by atoms with Gasteiger partial charge < -0.3 is 29.4 Å². The first-order valence-corrected chi connectivity index (χ1v) is 10.3. The van der Waals surface area contributed by atoms with E-state index < -0.39 is 11.9 Å². The first-order chi connectivity index (χ1) is 16.5. The number of esters is 1. The highest BCUT2D eigenvalue weighted by atomic mass is 16.5. The number of fused-ring (bicyclic) bond motifs is 1. The minimum absolute atomic E-state index is 0.0250. The molecule has 3 aromatic carbocycles. The summed E-state index contributed by atoms with van der Waals surface area (Å²) in [5.41, 5.74) is 8.10. The molecule has 1 atom stereocenters. The molecule has 0 saturated heterocycles. The minimum atomic E-state index is -0.578. The van der Waals surface area contributed by atoms with Crippen molar-refractivity contribution in [2.75, 3.05) is 21.3 Å². The molecule has 1 unspecified atom stereocenters. The second kappa shape index (κ2) is 9.46. The van der Waals surface area contributed by atoms with Crippen LogP contribution in [0.25, 0.3) is 0 Å². The molecule has 0 aliphatic carbocycles. The van der Waals surface area contributed by atoms with Gasteiger partial charge in [0.1, 0.15) is 34.5 Å². The maximum absolute atomic E-state index is 12.7. The Morgan fingerprint density at radius 3 is 2.38 bits per heavy atom. The standard InChI is InChI=1S/C26H22N2O6/c1-30-20-7-5-4-6-18(20)26(29)33-16-9-10-17-22(13-16)34-25(28)19(14-27)24(17)15-8-11-21(31-2)23(12-15)32-3/h4-13,24H,28H2,1-3H3. The van der Waals surface area contributed by atoms with Gasteiger partial charge in [0, 0.05) is 11.6 Å². The molecule has 4 rings (SSSR count). The van der Waals surface area contributed by atoms with Gasteiger partial charge >= 0.3 is 5.97 Å². The zero-order valence-corrected chi connectivity index (χ0v) is 18.8. The van der Waals surface area contributed by atoms with Gasteiger partial charge in [0.05, 0.1) is 27.2 Å². The van der Waals surface area contributed by atoms with E-state index in [9.17, 15) is 10.1 Å². The van der Waals surface area contributed by atoms with Gasteiger partial charge in [-0.05, 0) is 35.9 Å². The lowest BCUT2D eigenvalue weighted by Gasteiger charge is -2.27. The number of rotatable bonds is 6. The van der Waals surface area contributed by atoms with Crippen molar-refractivity contribution in [3.05, 3.63) is 88.8 Å². The summed E-state index contributed by atoms with van der Waals surface area (Å²) in [6, 6.07) is 19.3. The highest BCUT2D eigenvalue weighted by Gasteiger charge is 2.32. The van der Waals surface area contributed by atoms with Crippen molar-refractivity contribution in [2.24, 2.45) is 5.73 Å². The lowest BCUT2D eigenvalue weighted by atomic mass is 9.83. The van der Waals surface area contributed by atoms with E-state index in [0.29, 0.717) is 28.6 Å². The molecule has 1 aliphatic heterocycles. The summed E-state index contributed by atoms with van der Waals surface area (Å²) in [4.78, 5) is 12.7.